The molecule has 2 fully saturated rings. The Hall–Kier alpha value is -1.62. The number of nitrogens with one attached hydrogen (secondary N) is 1. The standard InChI is InChI=1S/C15H21N3O2/c1-17-7-2-3-12-10-18(8-5-13(12)17)15(20)11-4-6-16-14(19)9-11/h4,6,9,12-13H,2-3,5,7-8,10H2,1H3,(H,16,19). The predicted molar refractivity (Wildman–Crippen MR) is 76.7 cm³/mol. The Bertz CT molecular complexity index is 554. The summed E-state index contributed by atoms with van der Waals surface area (Å²) in [4.78, 5) is 30.7. The predicted octanol–water partition coefficient (Wildman–Crippen LogP) is 0.931. The largest absolute Gasteiger partial charge is 0.338 e. The maximum Gasteiger partial charge on any atom is 0.254 e. The van der Waals surface area contributed by atoms with Gasteiger partial charge in [-0.15, -0.1) is 0 Å². The van der Waals surface area contributed by atoms with Crippen molar-refractivity contribution in [2.75, 3.05) is 26.7 Å². The van der Waals surface area contributed by atoms with Crippen LogP contribution in [0.5, 0.6) is 0 Å². The average Bonchev–Trinajstić information content (AvgIpc) is 2.46. The minimum atomic E-state index is -0.219. The Morgan fingerprint density at radius 2 is 2.20 bits per heavy atom. The molecule has 3 heterocycles. The van der Waals surface area contributed by atoms with Crippen molar-refractivity contribution in [1.29, 1.82) is 0 Å². The molecule has 3 rings (SSSR count). The fraction of sp³-hybridized carbons (Fsp3) is 0.600. The van der Waals surface area contributed by atoms with Crippen LogP contribution in [0.2, 0.25) is 0 Å². The van der Waals surface area contributed by atoms with Crippen LogP contribution in [0, 0.1) is 5.92 Å². The van der Waals surface area contributed by atoms with E-state index in [-0.39, 0.29) is 11.5 Å². The number of aromatic amines is 1. The van der Waals surface area contributed by atoms with E-state index >= 15 is 0 Å². The van der Waals surface area contributed by atoms with E-state index in [1.807, 2.05) is 4.90 Å². The number of hydrogen-bond donors (Lipinski definition) is 1. The molecule has 2 saturated heterocycles. The van der Waals surface area contributed by atoms with Crippen molar-refractivity contribution in [3.8, 4) is 0 Å². The summed E-state index contributed by atoms with van der Waals surface area (Å²) in [6.45, 7) is 2.78. The summed E-state index contributed by atoms with van der Waals surface area (Å²) in [6, 6.07) is 3.69. The number of H-pyrrole nitrogens is 1. The number of hydrogen-bond acceptors (Lipinski definition) is 3. The Morgan fingerprint density at radius 3 is 3.00 bits per heavy atom. The van der Waals surface area contributed by atoms with Gasteiger partial charge in [0, 0.05) is 37.0 Å². The van der Waals surface area contributed by atoms with E-state index in [9.17, 15) is 9.59 Å². The van der Waals surface area contributed by atoms with E-state index in [0.717, 1.165) is 19.5 Å². The van der Waals surface area contributed by atoms with Gasteiger partial charge < -0.3 is 14.8 Å². The Labute approximate surface area is 118 Å². The molecule has 1 aromatic rings. The summed E-state index contributed by atoms with van der Waals surface area (Å²) in [7, 11) is 2.19. The van der Waals surface area contributed by atoms with E-state index < -0.39 is 0 Å². The van der Waals surface area contributed by atoms with Crippen LogP contribution >= 0.6 is 0 Å². The van der Waals surface area contributed by atoms with Crippen LogP contribution in [0.1, 0.15) is 29.6 Å². The van der Waals surface area contributed by atoms with E-state index in [4.69, 9.17) is 0 Å². The molecule has 0 bridgehead atoms. The fourth-order valence-electron chi connectivity index (χ4n) is 3.60. The number of amides is 1. The molecule has 1 N–H and O–H groups in total. The van der Waals surface area contributed by atoms with Gasteiger partial charge >= 0.3 is 0 Å². The molecule has 2 aliphatic rings. The summed E-state index contributed by atoms with van der Waals surface area (Å²) >= 11 is 0. The molecule has 0 radical (unpaired) electrons. The Kier molecular flexibility index (Phi) is 3.61. The number of likely N-dealkylation sites (tertiary alicyclic amines) is 2. The maximum atomic E-state index is 12.5. The summed E-state index contributed by atoms with van der Waals surface area (Å²) in [5.74, 6) is 0.566. The number of carbonyl (C=O) groups excluding carboxylic acids is 1. The van der Waals surface area contributed by atoms with Crippen LogP contribution in [0.4, 0.5) is 0 Å². The van der Waals surface area contributed by atoms with Gasteiger partial charge in [0.2, 0.25) is 5.56 Å². The van der Waals surface area contributed by atoms with Gasteiger partial charge in [0.15, 0.2) is 0 Å². The minimum Gasteiger partial charge on any atom is -0.338 e. The second-order valence-electron chi connectivity index (χ2n) is 5.93. The molecule has 2 atom stereocenters. The van der Waals surface area contributed by atoms with Crippen LogP contribution < -0.4 is 5.56 Å². The fourth-order valence-corrected chi connectivity index (χ4v) is 3.60. The molecule has 1 amide bonds. The molecule has 0 saturated carbocycles. The van der Waals surface area contributed by atoms with Crippen molar-refractivity contribution in [3.05, 3.63) is 34.2 Å². The molecule has 2 unspecified atom stereocenters. The second kappa shape index (κ2) is 5.40. The maximum absolute atomic E-state index is 12.5. The average molecular weight is 275 g/mol. The molecule has 0 aliphatic carbocycles. The van der Waals surface area contributed by atoms with Crippen molar-refractivity contribution >= 4 is 5.91 Å². The summed E-state index contributed by atoms with van der Waals surface area (Å²) < 4.78 is 0. The third-order valence-electron chi connectivity index (χ3n) is 4.65. The summed E-state index contributed by atoms with van der Waals surface area (Å²) in [5.41, 5.74) is 0.277. The first-order chi connectivity index (χ1) is 9.65. The lowest BCUT2D eigenvalue weighted by Crippen LogP contribution is -2.53. The number of fused-ring (bicyclic) bond motifs is 1. The number of rotatable bonds is 1. The van der Waals surface area contributed by atoms with Gasteiger partial charge in [0.1, 0.15) is 0 Å². The first-order valence-electron chi connectivity index (χ1n) is 7.33. The van der Waals surface area contributed by atoms with Gasteiger partial charge in [-0.3, -0.25) is 9.59 Å². The summed E-state index contributed by atoms with van der Waals surface area (Å²) in [6.07, 6.45) is 4.99. The molecule has 5 heteroatoms. The van der Waals surface area contributed by atoms with Crippen LogP contribution in [0.3, 0.4) is 0 Å². The Morgan fingerprint density at radius 1 is 1.35 bits per heavy atom. The first-order valence-corrected chi connectivity index (χ1v) is 7.33. The third kappa shape index (κ3) is 2.50. The number of pyridine rings is 1. The number of aromatic nitrogens is 1. The topological polar surface area (TPSA) is 56.4 Å². The lowest BCUT2D eigenvalue weighted by Gasteiger charge is -2.45. The number of carbonyl (C=O) groups is 1. The van der Waals surface area contributed by atoms with Crippen LogP contribution in [0.15, 0.2) is 23.1 Å². The molecular weight excluding hydrogens is 254 g/mol. The monoisotopic (exact) mass is 275 g/mol. The van der Waals surface area contributed by atoms with Crippen molar-refractivity contribution in [3.63, 3.8) is 0 Å². The number of piperidine rings is 2. The smallest absolute Gasteiger partial charge is 0.254 e. The van der Waals surface area contributed by atoms with Gasteiger partial charge in [-0.05, 0) is 44.8 Å². The normalized spacial score (nSPS) is 27.1. The zero-order valence-corrected chi connectivity index (χ0v) is 11.8. The zero-order valence-electron chi connectivity index (χ0n) is 11.8. The lowest BCUT2D eigenvalue weighted by molar-refractivity contribution is 0.0317. The quantitative estimate of drug-likeness (QED) is 0.829. The number of nitrogens with zero attached hydrogens (tertiary/aromatic N) is 2. The van der Waals surface area contributed by atoms with Crippen LogP contribution in [0.25, 0.3) is 0 Å². The van der Waals surface area contributed by atoms with Gasteiger partial charge in [-0.1, -0.05) is 0 Å². The third-order valence-corrected chi connectivity index (χ3v) is 4.65. The highest BCUT2D eigenvalue weighted by Crippen LogP contribution is 2.30. The highest BCUT2D eigenvalue weighted by atomic mass is 16.2. The van der Waals surface area contributed by atoms with E-state index in [0.29, 0.717) is 17.5 Å². The van der Waals surface area contributed by atoms with Gasteiger partial charge in [0.05, 0.1) is 0 Å². The van der Waals surface area contributed by atoms with E-state index in [1.165, 1.54) is 31.6 Å². The lowest BCUT2D eigenvalue weighted by atomic mass is 9.84. The van der Waals surface area contributed by atoms with Crippen molar-refractivity contribution in [1.82, 2.24) is 14.8 Å². The molecule has 1 aromatic heterocycles. The SMILES string of the molecule is CN1CCCC2CN(C(=O)c3cc[nH]c(=O)c3)CCC21. The van der Waals surface area contributed by atoms with Crippen molar-refractivity contribution in [2.24, 2.45) is 5.92 Å². The molecule has 0 aromatic carbocycles. The van der Waals surface area contributed by atoms with E-state index in [1.54, 1.807) is 6.07 Å². The zero-order chi connectivity index (χ0) is 14.1. The Balaban J connectivity index is 1.73. The molecule has 20 heavy (non-hydrogen) atoms. The van der Waals surface area contributed by atoms with Crippen molar-refractivity contribution in [2.45, 2.75) is 25.3 Å². The highest BCUT2D eigenvalue weighted by Gasteiger charge is 2.35. The second-order valence-corrected chi connectivity index (χ2v) is 5.93. The van der Waals surface area contributed by atoms with Gasteiger partial charge in [-0.2, -0.15) is 0 Å². The molecule has 2 aliphatic heterocycles. The van der Waals surface area contributed by atoms with Gasteiger partial charge in [0.25, 0.3) is 5.91 Å². The van der Waals surface area contributed by atoms with Crippen LogP contribution in [-0.2, 0) is 0 Å². The summed E-state index contributed by atoms with van der Waals surface area (Å²) in [5, 5.41) is 0. The molecular formula is C15H21N3O2. The first kappa shape index (κ1) is 13.4. The molecule has 0 spiro atoms. The highest BCUT2D eigenvalue weighted by molar-refractivity contribution is 5.94. The van der Waals surface area contributed by atoms with E-state index in [2.05, 4.69) is 16.9 Å². The minimum absolute atomic E-state index is 0.0113. The molecule has 5 nitrogen and oxygen atoms in total. The van der Waals surface area contributed by atoms with Gasteiger partial charge in [-0.25, -0.2) is 0 Å². The molecule has 108 valence electrons. The van der Waals surface area contributed by atoms with Crippen molar-refractivity contribution < 1.29 is 4.79 Å². The van der Waals surface area contributed by atoms with Crippen LogP contribution in [-0.4, -0.2) is 53.4 Å².